The lowest BCUT2D eigenvalue weighted by molar-refractivity contribution is -0.384. The molecule has 0 radical (unpaired) electrons. The fourth-order valence-corrected chi connectivity index (χ4v) is 1.42. The molecule has 16 heavy (non-hydrogen) atoms. The van der Waals surface area contributed by atoms with Crippen LogP contribution in [0.25, 0.3) is 10.4 Å². The molecular formula is C8H8BrN5O2. The van der Waals surface area contributed by atoms with E-state index < -0.39 is 4.92 Å². The molecule has 0 spiro atoms. The predicted octanol–water partition coefficient (Wildman–Crippen LogP) is 3.50. The first kappa shape index (κ1) is 12.4. The third-order valence-corrected chi connectivity index (χ3v) is 2.70. The van der Waals surface area contributed by atoms with Crippen LogP contribution >= 0.6 is 16.1 Å². The van der Waals surface area contributed by atoms with E-state index in [4.69, 9.17) is 5.53 Å². The number of azide groups is 1. The van der Waals surface area contributed by atoms with Crippen LogP contribution < -0.4 is 4.34 Å². The van der Waals surface area contributed by atoms with Crippen molar-refractivity contribution in [3.8, 4) is 0 Å². The van der Waals surface area contributed by atoms with Crippen LogP contribution in [-0.2, 0) is 0 Å². The Labute approximate surface area is 99.6 Å². The molecule has 0 fully saturated rings. The Hall–Kier alpha value is -1.63. The van der Waals surface area contributed by atoms with Crippen LogP contribution in [0.3, 0.4) is 0 Å². The normalized spacial score (nSPS) is 11.6. The molecule has 1 aromatic carbocycles. The van der Waals surface area contributed by atoms with Crippen molar-refractivity contribution in [2.45, 2.75) is 13.0 Å². The standard InChI is InChI=1S/C8H8BrN5O2/c1-5(11-9)6-2-3-7(12-13-10)8(4-6)14(15)16/h2-5,11H,1H3. The maximum atomic E-state index is 10.7. The number of hydrogen-bond donors (Lipinski definition) is 1. The summed E-state index contributed by atoms with van der Waals surface area (Å²) in [4.78, 5) is 12.7. The van der Waals surface area contributed by atoms with Gasteiger partial charge in [-0.1, -0.05) is 11.2 Å². The van der Waals surface area contributed by atoms with Gasteiger partial charge in [-0.25, -0.2) is 4.34 Å². The molecule has 0 aromatic heterocycles. The van der Waals surface area contributed by atoms with Gasteiger partial charge in [0.05, 0.1) is 4.92 Å². The van der Waals surface area contributed by atoms with Gasteiger partial charge in [-0.2, -0.15) is 0 Å². The van der Waals surface area contributed by atoms with E-state index in [9.17, 15) is 10.1 Å². The lowest BCUT2D eigenvalue weighted by Gasteiger charge is -2.09. The summed E-state index contributed by atoms with van der Waals surface area (Å²) in [6.07, 6.45) is 0. The first-order chi connectivity index (χ1) is 7.60. The van der Waals surface area contributed by atoms with Crippen LogP contribution in [0.4, 0.5) is 11.4 Å². The Morgan fingerprint density at radius 2 is 2.38 bits per heavy atom. The molecule has 0 aliphatic heterocycles. The molecule has 1 aromatic rings. The van der Waals surface area contributed by atoms with Crippen LogP contribution in [-0.4, -0.2) is 4.92 Å². The summed E-state index contributed by atoms with van der Waals surface area (Å²) >= 11 is 3.06. The fraction of sp³-hybridized carbons (Fsp3) is 0.250. The third kappa shape index (κ3) is 2.69. The van der Waals surface area contributed by atoms with Gasteiger partial charge in [0.15, 0.2) is 0 Å². The van der Waals surface area contributed by atoms with Crippen LogP contribution in [0.5, 0.6) is 0 Å². The van der Waals surface area contributed by atoms with Gasteiger partial charge in [-0.15, -0.1) is 0 Å². The van der Waals surface area contributed by atoms with Crippen molar-refractivity contribution in [1.82, 2.24) is 4.34 Å². The monoisotopic (exact) mass is 285 g/mol. The van der Waals surface area contributed by atoms with Gasteiger partial charge in [0.1, 0.15) is 5.69 Å². The summed E-state index contributed by atoms with van der Waals surface area (Å²) in [5.41, 5.74) is 8.80. The minimum Gasteiger partial charge on any atom is -0.258 e. The zero-order valence-electron chi connectivity index (χ0n) is 8.29. The maximum Gasteiger partial charge on any atom is 0.279 e. The largest absolute Gasteiger partial charge is 0.279 e. The number of benzene rings is 1. The van der Waals surface area contributed by atoms with Gasteiger partial charge in [0.2, 0.25) is 0 Å². The fourth-order valence-electron chi connectivity index (χ4n) is 1.15. The molecule has 1 rings (SSSR count). The molecule has 7 nitrogen and oxygen atoms in total. The lowest BCUT2D eigenvalue weighted by Crippen LogP contribution is -2.06. The number of nitrogens with one attached hydrogen (secondary N) is 1. The zero-order valence-corrected chi connectivity index (χ0v) is 9.88. The Kier molecular flexibility index (Phi) is 4.24. The number of nitrogens with zero attached hydrogens (tertiary/aromatic N) is 4. The number of rotatable bonds is 4. The van der Waals surface area contributed by atoms with E-state index in [1.54, 1.807) is 6.07 Å². The van der Waals surface area contributed by atoms with Gasteiger partial charge in [0, 0.05) is 33.2 Å². The average molecular weight is 286 g/mol. The van der Waals surface area contributed by atoms with Crippen molar-refractivity contribution in [3.63, 3.8) is 0 Å². The highest BCUT2D eigenvalue weighted by atomic mass is 79.9. The van der Waals surface area contributed by atoms with Crippen molar-refractivity contribution >= 4 is 27.5 Å². The number of halogens is 1. The quantitative estimate of drug-likeness (QED) is 0.229. The first-order valence-corrected chi connectivity index (χ1v) is 5.09. The summed E-state index contributed by atoms with van der Waals surface area (Å²) in [5.74, 6) is 0. The van der Waals surface area contributed by atoms with Gasteiger partial charge < -0.3 is 0 Å². The second-order valence-electron chi connectivity index (χ2n) is 3.03. The van der Waals surface area contributed by atoms with Crippen molar-refractivity contribution in [1.29, 1.82) is 0 Å². The molecule has 0 heterocycles. The highest BCUT2D eigenvalue weighted by Gasteiger charge is 2.15. The van der Waals surface area contributed by atoms with E-state index in [2.05, 4.69) is 30.5 Å². The molecule has 0 bridgehead atoms. The van der Waals surface area contributed by atoms with E-state index in [-0.39, 0.29) is 17.4 Å². The Bertz CT molecular complexity index is 458. The maximum absolute atomic E-state index is 10.7. The van der Waals surface area contributed by atoms with E-state index in [0.29, 0.717) is 0 Å². The summed E-state index contributed by atoms with van der Waals surface area (Å²) < 4.78 is 2.79. The van der Waals surface area contributed by atoms with Crippen LogP contribution in [0, 0.1) is 10.1 Å². The van der Waals surface area contributed by atoms with Gasteiger partial charge >= 0.3 is 0 Å². The van der Waals surface area contributed by atoms with Crippen molar-refractivity contribution in [3.05, 3.63) is 44.3 Å². The molecule has 1 N–H and O–H groups in total. The Balaban J connectivity index is 3.27. The average Bonchev–Trinajstić information content (AvgIpc) is 2.28. The SMILES string of the molecule is CC(NBr)c1ccc(N=[N+]=[N-])c([N+](=O)[O-])c1. The molecule has 0 saturated carbocycles. The highest BCUT2D eigenvalue weighted by Crippen LogP contribution is 2.30. The molecule has 1 atom stereocenters. The van der Waals surface area contributed by atoms with Crippen molar-refractivity contribution in [2.24, 2.45) is 5.11 Å². The van der Waals surface area contributed by atoms with E-state index >= 15 is 0 Å². The van der Waals surface area contributed by atoms with E-state index in [0.717, 1.165) is 5.56 Å². The number of hydrogen-bond acceptors (Lipinski definition) is 4. The zero-order chi connectivity index (χ0) is 12.1. The Morgan fingerprint density at radius 1 is 1.69 bits per heavy atom. The Morgan fingerprint density at radius 3 is 2.88 bits per heavy atom. The second-order valence-corrected chi connectivity index (χ2v) is 3.48. The third-order valence-electron chi connectivity index (χ3n) is 2.01. The van der Waals surface area contributed by atoms with E-state index in [1.807, 2.05) is 6.92 Å². The minimum absolute atomic E-state index is 0.0121. The molecular weight excluding hydrogens is 278 g/mol. The van der Waals surface area contributed by atoms with Crippen LogP contribution in [0.1, 0.15) is 18.5 Å². The predicted molar refractivity (Wildman–Crippen MR) is 62.4 cm³/mol. The number of nitro benzene ring substituents is 1. The van der Waals surface area contributed by atoms with Gasteiger partial charge in [-0.05, 0) is 24.1 Å². The minimum atomic E-state index is -0.575. The summed E-state index contributed by atoms with van der Waals surface area (Å²) in [7, 11) is 0. The molecule has 1 unspecified atom stereocenters. The molecule has 0 aliphatic rings. The molecule has 84 valence electrons. The smallest absolute Gasteiger partial charge is 0.258 e. The second kappa shape index (κ2) is 5.45. The summed E-state index contributed by atoms with van der Waals surface area (Å²) in [5, 5.41) is 14.0. The molecule has 0 amide bonds. The first-order valence-electron chi connectivity index (χ1n) is 4.29. The lowest BCUT2D eigenvalue weighted by atomic mass is 10.1. The molecule has 0 aliphatic carbocycles. The summed E-state index contributed by atoms with van der Waals surface area (Å²) in [6, 6.07) is 4.38. The van der Waals surface area contributed by atoms with Gasteiger partial charge in [-0.3, -0.25) is 10.1 Å². The number of nitro groups is 1. The van der Waals surface area contributed by atoms with Crippen molar-refractivity contribution < 1.29 is 4.92 Å². The highest BCUT2D eigenvalue weighted by molar-refractivity contribution is 9.08. The summed E-state index contributed by atoms with van der Waals surface area (Å²) in [6.45, 7) is 1.83. The molecule has 8 heteroatoms. The van der Waals surface area contributed by atoms with Crippen LogP contribution in [0.15, 0.2) is 23.3 Å². The topological polar surface area (TPSA) is 104 Å². The van der Waals surface area contributed by atoms with Crippen molar-refractivity contribution in [2.75, 3.05) is 0 Å². The van der Waals surface area contributed by atoms with Gasteiger partial charge in [0.25, 0.3) is 5.69 Å². The molecule has 0 saturated heterocycles. The van der Waals surface area contributed by atoms with Crippen LogP contribution in [0.2, 0.25) is 0 Å². The van der Waals surface area contributed by atoms with E-state index in [1.165, 1.54) is 12.1 Å².